The molecule has 6 aromatic carbocycles. The van der Waals surface area contributed by atoms with Gasteiger partial charge in [-0.2, -0.15) is 0 Å². The monoisotopic (exact) mass is 783 g/mol. The van der Waals surface area contributed by atoms with Crippen LogP contribution in [0.15, 0.2) is 205 Å². The van der Waals surface area contributed by atoms with E-state index in [1.54, 1.807) is 0 Å². The molecule has 60 heavy (non-hydrogen) atoms. The molecule has 0 saturated carbocycles. The van der Waals surface area contributed by atoms with Gasteiger partial charge in [0.2, 0.25) is 5.96 Å². The highest BCUT2D eigenvalue weighted by molar-refractivity contribution is 7.25. The number of rotatable bonds is 3. The lowest BCUT2D eigenvalue weighted by molar-refractivity contribution is 0.688. The number of hydrogen-bond acceptors (Lipinski definition) is 3. The highest BCUT2D eigenvalue weighted by atomic mass is 32.1. The van der Waals surface area contributed by atoms with E-state index >= 15 is 0 Å². The van der Waals surface area contributed by atoms with Crippen molar-refractivity contribution in [2.75, 3.05) is 0 Å². The molecule has 5 aliphatic rings. The Labute approximate surface area is 351 Å². The third kappa shape index (κ3) is 5.04. The fourth-order valence-electron chi connectivity index (χ4n) is 10.3. The van der Waals surface area contributed by atoms with Crippen molar-refractivity contribution in [3.05, 3.63) is 227 Å². The maximum atomic E-state index is 5.65. The largest absolute Gasteiger partial charge is 0.345 e. The van der Waals surface area contributed by atoms with Gasteiger partial charge < -0.3 is 5.32 Å². The summed E-state index contributed by atoms with van der Waals surface area (Å²) in [5.74, 6) is 1.23. The zero-order chi connectivity index (χ0) is 39.3. The number of nitrogens with zero attached hydrogens (tertiary/aromatic N) is 2. The molecule has 2 aromatic heterocycles. The molecule has 4 heteroatoms. The van der Waals surface area contributed by atoms with Gasteiger partial charge in [0.1, 0.15) is 0 Å². The predicted molar refractivity (Wildman–Crippen MR) is 253 cm³/mol. The smallest absolute Gasteiger partial charge is 0.209 e. The van der Waals surface area contributed by atoms with Gasteiger partial charge >= 0.3 is 0 Å². The van der Waals surface area contributed by atoms with Gasteiger partial charge in [0.05, 0.1) is 22.6 Å². The van der Waals surface area contributed by atoms with Crippen LogP contribution in [0.1, 0.15) is 16.7 Å². The van der Waals surface area contributed by atoms with Crippen molar-refractivity contribution >= 4 is 71.3 Å². The molecule has 0 spiro atoms. The van der Waals surface area contributed by atoms with Gasteiger partial charge in [-0.1, -0.05) is 170 Å². The van der Waals surface area contributed by atoms with Crippen LogP contribution in [0.5, 0.6) is 0 Å². The second kappa shape index (κ2) is 13.1. The van der Waals surface area contributed by atoms with Gasteiger partial charge in [0.15, 0.2) is 0 Å². The Morgan fingerprint density at radius 1 is 0.517 bits per heavy atom. The molecule has 3 nitrogen and oxygen atoms in total. The molecule has 3 atom stereocenters. The number of benzene rings is 6. The summed E-state index contributed by atoms with van der Waals surface area (Å²) in [5, 5.41) is 10.3. The number of hydrogen-bond donors (Lipinski definition) is 1. The zero-order valence-corrected chi connectivity index (χ0v) is 33.4. The van der Waals surface area contributed by atoms with Crippen LogP contribution in [-0.2, 0) is 0 Å². The van der Waals surface area contributed by atoms with Crippen LogP contribution in [0.4, 0.5) is 0 Å². The maximum Gasteiger partial charge on any atom is 0.209 e. The Morgan fingerprint density at radius 3 is 2.12 bits per heavy atom. The molecule has 0 saturated heterocycles. The zero-order valence-electron chi connectivity index (χ0n) is 32.6. The van der Waals surface area contributed by atoms with Gasteiger partial charge in [0.25, 0.3) is 0 Å². The van der Waals surface area contributed by atoms with E-state index in [0.717, 1.165) is 22.7 Å². The Balaban J connectivity index is 1.10. The van der Waals surface area contributed by atoms with E-state index in [4.69, 9.17) is 4.99 Å². The SMILES string of the molecule is C1=CC2=C(c3ccc(-c4ccccc4)cc3)N=C(n3c4c(c5cc(-c6ccc7sc8ccccc8c7c6)ccc53)=C3c5ccccc5C=CC3C3C=CC=CC=43)NC2C=C1. The van der Waals surface area contributed by atoms with Crippen molar-refractivity contribution in [1.82, 2.24) is 9.88 Å². The number of nitrogens with one attached hydrogen (secondary N) is 1. The van der Waals surface area contributed by atoms with Gasteiger partial charge in [-0.05, 0) is 74.9 Å². The van der Waals surface area contributed by atoms with E-state index in [9.17, 15) is 0 Å². The topological polar surface area (TPSA) is 29.3 Å². The first-order valence-corrected chi connectivity index (χ1v) is 21.6. The number of aliphatic imine (C=N–C) groups is 1. The van der Waals surface area contributed by atoms with Gasteiger partial charge in [-0.25, -0.2) is 4.99 Å². The van der Waals surface area contributed by atoms with E-state index in [1.807, 2.05) is 11.3 Å². The summed E-state index contributed by atoms with van der Waals surface area (Å²) in [6.07, 6.45) is 22.7. The van der Waals surface area contributed by atoms with Crippen LogP contribution in [0.3, 0.4) is 0 Å². The minimum Gasteiger partial charge on any atom is -0.345 e. The number of fused-ring (bicyclic) bond motifs is 12. The average molecular weight is 784 g/mol. The van der Waals surface area contributed by atoms with E-state index in [-0.39, 0.29) is 17.9 Å². The summed E-state index contributed by atoms with van der Waals surface area (Å²) in [5.41, 5.74) is 14.5. The van der Waals surface area contributed by atoms with E-state index in [0.29, 0.717) is 0 Å². The van der Waals surface area contributed by atoms with Gasteiger partial charge in [-0.15, -0.1) is 11.3 Å². The fraction of sp³-hybridized carbons (Fsp3) is 0.0536. The van der Waals surface area contributed by atoms with Crippen LogP contribution >= 0.6 is 11.3 Å². The first-order chi connectivity index (χ1) is 29.7. The summed E-state index contributed by atoms with van der Waals surface area (Å²) in [6, 6.07) is 51.3. The summed E-state index contributed by atoms with van der Waals surface area (Å²) in [4.78, 5) is 5.65. The minimum absolute atomic E-state index is 0.0317. The molecule has 3 heterocycles. The number of allylic oxidation sites excluding steroid dienone is 7. The maximum absolute atomic E-state index is 5.65. The van der Waals surface area contributed by atoms with Crippen molar-refractivity contribution in [1.29, 1.82) is 0 Å². The number of thiophene rings is 1. The molecule has 0 fully saturated rings. The highest BCUT2D eigenvalue weighted by Crippen LogP contribution is 2.43. The third-order valence-electron chi connectivity index (χ3n) is 13.0. The molecule has 0 amide bonds. The average Bonchev–Trinajstić information content (AvgIpc) is 3.87. The summed E-state index contributed by atoms with van der Waals surface area (Å²) in [6.45, 7) is 0. The van der Waals surface area contributed by atoms with Crippen molar-refractivity contribution in [2.45, 2.75) is 6.04 Å². The van der Waals surface area contributed by atoms with Gasteiger partial charge in [-0.3, -0.25) is 4.57 Å². The normalized spacial score (nSPS) is 19.6. The molecule has 3 unspecified atom stereocenters. The lowest BCUT2D eigenvalue weighted by Gasteiger charge is -2.34. The Morgan fingerprint density at radius 2 is 1.22 bits per heavy atom. The quantitative estimate of drug-likeness (QED) is 0.190. The number of aromatic nitrogens is 1. The summed E-state index contributed by atoms with van der Waals surface area (Å²) >= 11 is 1.87. The molecule has 8 aromatic rings. The molecule has 4 aliphatic carbocycles. The minimum atomic E-state index is -0.0317. The van der Waals surface area contributed by atoms with E-state index in [1.165, 1.54) is 86.2 Å². The van der Waals surface area contributed by atoms with Gasteiger partial charge in [0, 0.05) is 53.7 Å². The predicted octanol–water partition coefficient (Wildman–Crippen LogP) is 11.8. The molecule has 1 aliphatic heterocycles. The van der Waals surface area contributed by atoms with Crippen LogP contribution in [-0.4, -0.2) is 16.6 Å². The fourth-order valence-corrected chi connectivity index (χ4v) is 11.3. The van der Waals surface area contributed by atoms with Crippen LogP contribution < -0.4 is 15.9 Å². The summed E-state index contributed by atoms with van der Waals surface area (Å²) < 4.78 is 5.09. The molecular formula is C56H37N3S. The second-order valence-electron chi connectivity index (χ2n) is 16.3. The molecule has 0 radical (unpaired) electrons. The van der Waals surface area contributed by atoms with Crippen molar-refractivity contribution in [2.24, 2.45) is 16.8 Å². The van der Waals surface area contributed by atoms with Crippen molar-refractivity contribution in [3.63, 3.8) is 0 Å². The first-order valence-electron chi connectivity index (χ1n) is 20.8. The Hall–Kier alpha value is -7.27. The molecular weight excluding hydrogens is 747 g/mol. The molecule has 13 rings (SSSR count). The van der Waals surface area contributed by atoms with Crippen molar-refractivity contribution < 1.29 is 0 Å². The second-order valence-corrected chi connectivity index (χ2v) is 17.3. The van der Waals surface area contributed by atoms with Crippen LogP contribution in [0.2, 0.25) is 0 Å². The lowest BCUT2D eigenvalue weighted by atomic mass is 9.70. The summed E-state index contributed by atoms with van der Waals surface area (Å²) in [7, 11) is 0. The lowest BCUT2D eigenvalue weighted by Crippen LogP contribution is -2.50. The van der Waals surface area contributed by atoms with Crippen LogP contribution in [0, 0.1) is 11.8 Å². The Bertz CT molecular complexity index is 3510. The Kier molecular flexibility index (Phi) is 7.36. The van der Waals surface area contributed by atoms with Crippen molar-refractivity contribution in [3.8, 4) is 22.3 Å². The molecule has 282 valence electrons. The molecule has 1 N–H and O–H groups in total. The van der Waals surface area contributed by atoms with Crippen LogP contribution in [0.25, 0.3) is 76.2 Å². The first kappa shape index (κ1) is 33.7. The highest BCUT2D eigenvalue weighted by Gasteiger charge is 2.36. The van der Waals surface area contributed by atoms with E-state index < -0.39 is 0 Å². The van der Waals surface area contributed by atoms with E-state index in [2.05, 4.69) is 210 Å². The third-order valence-corrected chi connectivity index (χ3v) is 14.2. The molecule has 0 bridgehead atoms. The standard InChI is InChI=1S/C56H37N3S/c1-2-12-34(13-3-1)35-22-24-37(25-23-35)54-45-19-8-10-20-48(45)57-56(58-54)59-49-30-27-38(39-28-31-51-46(32-39)42-17-9-11-21-50(42)60-51)33-47(49)53-52-40-15-5-4-14-36(40)26-29-43(52)41-16-6-7-18-44(41)55(53)59/h1-33,41,43,48H,(H,57,58).